The number of nitrogens with zero attached hydrogens (tertiary/aromatic N) is 1. The van der Waals surface area contributed by atoms with Gasteiger partial charge in [0.1, 0.15) is 5.76 Å². The van der Waals surface area contributed by atoms with Crippen LogP contribution in [0.4, 0.5) is 5.69 Å². The molecule has 2 aromatic rings. The van der Waals surface area contributed by atoms with Gasteiger partial charge < -0.3 is 20.4 Å². The molecule has 26 heavy (non-hydrogen) atoms. The van der Waals surface area contributed by atoms with Crippen LogP contribution in [0.1, 0.15) is 19.1 Å². The monoisotopic (exact) mass is 534 g/mol. The van der Waals surface area contributed by atoms with Gasteiger partial charge in [-0.1, -0.05) is 15.9 Å². The van der Waals surface area contributed by atoms with E-state index >= 15 is 0 Å². The number of hydrogen-bond acceptors (Lipinski definition) is 3. The lowest BCUT2D eigenvalue weighted by Crippen LogP contribution is -2.38. The van der Waals surface area contributed by atoms with Gasteiger partial charge in [0.15, 0.2) is 5.96 Å². The maximum Gasteiger partial charge on any atom is 0.226 e. The van der Waals surface area contributed by atoms with Gasteiger partial charge in [-0.2, -0.15) is 0 Å². The zero-order valence-corrected chi connectivity index (χ0v) is 18.5. The summed E-state index contributed by atoms with van der Waals surface area (Å²) in [7, 11) is 0. The van der Waals surface area contributed by atoms with E-state index in [1.165, 1.54) is 0 Å². The van der Waals surface area contributed by atoms with Crippen molar-refractivity contribution in [1.29, 1.82) is 0 Å². The molecular formula is C18H24BrIN4O2. The Morgan fingerprint density at radius 2 is 1.96 bits per heavy atom. The highest BCUT2D eigenvalue weighted by atomic mass is 127. The maximum absolute atomic E-state index is 12.0. The molecule has 0 fully saturated rings. The van der Waals surface area contributed by atoms with Crippen molar-refractivity contribution in [3.63, 3.8) is 0 Å². The first-order valence-corrected chi connectivity index (χ1v) is 9.06. The largest absolute Gasteiger partial charge is 0.469 e. The number of furan rings is 1. The zero-order valence-electron chi connectivity index (χ0n) is 14.6. The molecule has 3 N–H and O–H groups in total. The highest BCUT2D eigenvalue weighted by molar-refractivity contribution is 14.0. The molecule has 1 amide bonds. The molecule has 0 unspecified atom stereocenters. The molecule has 1 aromatic heterocycles. The summed E-state index contributed by atoms with van der Waals surface area (Å²) in [5.41, 5.74) is 0.784. The molecular weight excluding hydrogens is 511 g/mol. The molecule has 0 aliphatic rings. The van der Waals surface area contributed by atoms with Gasteiger partial charge in [0.25, 0.3) is 0 Å². The molecule has 0 saturated carbocycles. The predicted octanol–water partition coefficient (Wildman–Crippen LogP) is 3.79. The average molecular weight is 535 g/mol. The van der Waals surface area contributed by atoms with Gasteiger partial charge in [-0.15, -0.1) is 24.0 Å². The molecule has 142 valence electrons. The predicted molar refractivity (Wildman–Crippen MR) is 119 cm³/mol. The Hall–Kier alpha value is -1.55. The molecule has 1 heterocycles. The van der Waals surface area contributed by atoms with E-state index in [9.17, 15) is 4.79 Å². The van der Waals surface area contributed by atoms with Gasteiger partial charge in [-0.25, -0.2) is 0 Å². The molecule has 0 saturated heterocycles. The molecule has 0 atom stereocenters. The van der Waals surface area contributed by atoms with Gasteiger partial charge in [-0.3, -0.25) is 9.79 Å². The van der Waals surface area contributed by atoms with Crippen LogP contribution in [-0.2, 0) is 11.2 Å². The van der Waals surface area contributed by atoms with Crippen molar-refractivity contribution in [2.24, 2.45) is 4.99 Å². The van der Waals surface area contributed by atoms with E-state index in [2.05, 4.69) is 36.9 Å². The quantitative estimate of drug-likeness (QED) is 0.273. The molecule has 8 heteroatoms. The third kappa shape index (κ3) is 8.70. The van der Waals surface area contributed by atoms with Crippen LogP contribution in [0.25, 0.3) is 0 Å². The van der Waals surface area contributed by atoms with E-state index in [4.69, 9.17) is 4.42 Å². The number of aliphatic imine (C=N–C) groups is 1. The van der Waals surface area contributed by atoms with Gasteiger partial charge in [0, 0.05) is 42.6 Å². The fourth-order valence-corrected chi connectivity index (χ4v) is 2.39. The van der Waals surface area contributed by atoms with E-state index < -0.39 is 0 Å². The number of halogens is 2. The van der Waals surface area contributed by atoms with Crippen molar-refractivity contribution in [3.8, 4) is 0 Å². The highest BCUT2D eigenvalue weighted by Crippen LogP contribution is 2.14. The van der Waals surface area contributed by atoms with Gasteiger partial charge in [-0.05, 0) is 43.3 Å². The van der Waals surface area contributed by atoms with E-state index in [1.807, 2.05) is 43.3 Å². The number of nitrogens with one attached hydrogen (secondary N) is 3. The van der Waals surface area contributed by atoms with E-state index in [1.54, 1.807) is 6.26 Å². The SMILES string of the molecule is CCNC(=NCCc1ccco1)NCCC(=O)Nc1ccc(Br)cc1.I. The van der Waals surface area contributed by atoms with Crippen LogP contribution < -0.4 is 16.0 Å². The van der Waals surface area contributed by atoms with Gasteiger partial charge in [0.05, 0.1) is 6.26 Å². The lowest BCUT2D eigenvalue weighted by molar-refractivity contribution is -0.116. The minimum atomic E-state index is -0.0405. The fraction of sp³-hybridized carbons (Fsp3) is 0.333. The van der Waals surface area contributed by atoms with Crippen molar-refractivity contribution in [2.75, 3.05) is 25.0 Å². The third-order valence-electron chi connectivity index (χ3n) is 3.32. The Kier molecular flexibility index (Phi) is 11.0. The normalized spacial score (nSPS) is 10.8. The summed E-state index contributed by atoms with van der Waals surface area (Å²) in [6.07, 6.45) is 2.76. The number of anilines is 1. The van der Waals surface area contributed by atoms with Crippen LogP contribution in [0, 0.1) is 0 Å². The Bertz CT molecular complexity index is 675. The summed E-state index contributed by atoms with van der Waals surface area (Å²) in [5.74, 6) is 1.57. The summed E-state index contributed by atoms with van der Waals surface area (Å²) in [5, 5.41) is 9.19. The topological polar surface area (TPSA) is 78.7 Å². The zero-order chi connectivity index (χ0) is 17.9. The average Bonchev–Trinajstić information content (AvgIpc) is 3.10. The maximum atomic E-state index is 12.0. The molecule has 0 aliphatic carbocycles. The van der Waals surface area contributed by atoms with Crippen LogP contribution in [-0.4, -0.2) is 31.5 Å². The van der Waals surface area contributed by atoms with E-state index in [0.29, 0.717) is 25.5 Å². The molecule has 0 bridgehead atoms. The standard InChI is InChI=1S/C18H23BrN4O2.HI/c1-2-20-18(21-11-9-16-4-3-13-25-16)22-12-10-17(24)23-15-7-5-14(19)6-8-15;/h3-8,13H,2,9-12H2,1H3,(H,23,24)(H2,20,21,22);1H. The number of rotatable bonds is 8. The lowest BCUT2D eigenvalue weighted by atomic mass is 10.3. The third-order valence-corrected chi connectivity index (χ3v) is 3.85. The van der Waals surface area contributed by atoms with E-state index in [0.717, 1.165) is 28.9 Å². The minimum Gasteiger partial charge on any atom is -0.469 e. The summed E-state index contributed by atoms with van der Waals surface area (Å²) in [6, 6.07) is 11.3. The lowest BCUT2D eigenvalue weighted by Gasteiger charge is -2.11. The first-order valence-electron chi connectivity index (χ1n) is 8.27. The van der Waals surface area contributed by atoms with Crippen LogP contribution in [0.2, 0.25) is 0 Å². The fourth-order valence-electron chi connectivity index (χ4n) is 2.13. The Morgan fingerprint density at radius 3 is 2.62 bits per heavy atom. The smallest absolute Gasteiger partial charge is 0.226 e. The summed E-state index contributed by atoms with van der Waals surface area (Å²) >= 11 is 3.37. The van der Waals surface area contributed by atoms with Crippen molar-refractivity contribution in [2.45, 2.75) is 19.8 Å². The van der Waals surface area contributed by atoms with Crippen molar-refractivity contribution in [3.05, 3.63) is 52.9 Å². The first kappa shape index (κ1) is 22.5. The van der Waals surface area contributed by atoms with Gasteiger partial charge >= 0.3 is 0 Å². The van der Waals surface area contributed by atoms with Crippen LogP contribution in [0.5, 0.6) is 0 Å². The second-order valence-corrected chi connectivity index (χ2v) is 6.24. The van der Waals surface area contributed by atoms with Crippen LogP contribution >= 0.6 is 39.9 Å². The number of benzene rings is 1. The number of carbonyl (C=O) groups excluding carboxylic acids is 1. The van der Waals surface area contributed by atoms with Gasteiger partial charge in [0.2, 0.25) is 5.91 Å². The molecule has 2 rings (SSSR count). The second-order valence-electron chi connectivity index (χ2n) is 5.32. The van der Waals surface area contributed by atoms with Crippen molar-refractivity contribution in [1.82, 2.24) is 10.6 Å². The molecule has 0 spiro atoms. The Morgan fingerprint density at radius 1 is 1.19 bits per heavy atom. The van der Waals surface area contributed by atoms with Crippen LogP contribution in [0.3, 0.4) is 0 Å². The minimum absolute atomic E-state index is 0. The van der Waals surface area contributed by atoms with Crippen molar-refractivity contribution >= 4 is 57.5 Å². The van der Waals surface area contributed by atoms with E-state index in [-0.39, 0.29) is 29.9 Å². The Labute approximate surface area is 179 Å². The number of amides is 1. The summed E-state index contributed by atoms with van der Waals surface area (Å²) < 4.78 is 6.27. The first-order chi connectivity index (χ1) is 12.2. The second kappa shape index (κ2) is 12.7. The number of hydrogen-bond donors (Lipinski definition) is 3. The molecule has 6 nitrogen and oxygen atoms in total. The molecule has 1 aromatic carbocycles. The highest BCUT2D eigenvalue weighted by Gasteiger charge is 2.04. The summed E-state index contributed by atoms with van der Waals surface area (Å²) in [6.45, 7) is 3.89. The molecule has 0 aliphatic heterocycles. The number of carbonyl (C=O) groups is 1. The Balaban J connectivity index is 0.00000338. The van der Waals surface area contributed by atoms with Crippen LogP contribution in [0.15, 0.2) is 56.5 Å². The number of guanidine groups is 1. The summed E-state index contributed by atoms with van der Waals surface area (Å²) in [4.78, 5) is 16.4. The van der Waals surface area contributed by atoms with Crippen molar-refractivity contribution < 1.29 is 9.21 Å². The molecule has 0 radical (unpaired) electrons.